The lowest BCUT2D eigenvalue weighted by atomic mass is 9.70. The van der Waals surface area contributed by atoms with Crippen molar-refractivity contribution >= 4 is 17.1 Å². The molecule has 7 nitrogen and oxygen atoms in total. The Morgan fingerprint density at radius 1 is 0.974 bits per heavy atom. The maximum atomic E-state index is 12.7. The van der Waals surface area contributed by atoms with E-state index in [0.717, 1.165) is 82.3 Å². The first-order valence-corrected chi connectivity index (χ1v) is 14.2. The van der Waals surface area contributed by atoms with Gasteiger partial charge in [0.15, 0.2) is 0 Å². The number of rotatable bonds is 6. The molecule has 38 heavy (non-hydrogen) atoms. The number of nitrogens with one attached hydrogen (secondary N) is 1. The first-order chi connectivity index (χ1) is 18.2. The summed E-state index contributed by atoms with van der Waals surface area (Å²) in [7, 11) is 0. The number of carbonyl (C=O) groups excluding carboxylic acids is 1. The number of fused-ring (bicyclic) bond motifs is 1. The minimum Gasteiger partial charge on any atom is -0.444 e. The number of piperidine rings is 2. The van der Waals surface area contributed by atoms with Crippen LogP contribution in [0.15, 0.2) is 59.4 Å². The molecule has 0 radical (unpaired) electrons. The van der Waals surface area contributed by atoms with Gasteiger partial charge in [-0.2, -0.15) is 0 Å². The second-order valence-corrected chi connectivity index (χ2v) is 12.1. The number of carbonyl (C=O) groups is 1. The van der Waals surface area contributed by atoms with E-state index in [-0.39, 0.29) is 23.2 Å². The minimum atomic E-state index is -0.472. The zero-order valence-corrected chi connectivity index (χ0v) is 23.1. The molecule has 2 saturated heterocycles. The lowest BCUT2D eigenvalue weighted by molar-refractivity contribution is 0.0155. The minimum absolute atomic E-state index is 0.00665. The van der Waals surface area contributed by atoms with Gasteiger partial charge in [-0.25, -0.2) is 9.59 Å². The molecule has 1 amide bonds. The number of ether oxygens (including phenoxy) is 1. The van der Waals surface area contributed by atoms with E-state index in [1.165, 1.54) is 5.56 Å². The summed E-state index contributed by atoms with van der Waals surface area (Å²) >= 11 is 0. The second kappa shape index (κ2) is 11.0. The molecular weight excluding hydrogens is 476 g/mol. The van der Waals surface area contributed by atoms with Crippen molar-refractivity contribution in [3.05, 3.63) is 70.6 Å². The third kappa shape index (κ3) is 5.83. The van der Waals surface area contributed by atoms with Crippen molar-refractivity contribution in [2.45, 2.75) is 76.4 Å². The molecule has 5 rings (SSSR count). The standard InChI is InChI=1S/C31H42N4O3/c1-30(2,3)38-29(37)34-22-17-31(18-23-34,24-10-5-4-6-11-24)16-9-19-33-20-14-25(15-21-33)35-27-13-8-7-12-26(27)32-28(35)36/h4-8,10-13,25H,9,14-23H2,1-3H3,(H,32,36). The third-order valence-electron chi connectivity index (χ3n) is 8.43. The highest BCUT2D eigenvalue weighted by Gasteiger charge is 2.38. The van der Waals surface area contributed by atoms with Gasteiger partial charge in [-0.3, -0.25) is 4.57 Å². The number of likely N-dealkylation sites (tertiary alicyclic amines) is 2. The Morgan fingerprint density at radius 3 is 2.32 bits per heavy atom. The fraction of sp³-hybridized carbons (Fsp3) is 0.548. The maximum absolute atomic E-state index is 12.7. The molecule has 0 aliphatic carbocycles. The normalized spacial score (nSPS) is 19.1. The second-order valence-electron chi connectivity index (χ2n) is 12.1. The summed E-state index contributed by atoms with van der Waals surface area (Å²) < 4.78 is 7.60. The van der Waals surface area contributed by atoms with Gasteiger partial charge in [-0.05, 0) is 89.0 Å². The number of nitrogens with zero attached hydrogens (tertiary/aromatic N) is 3. The molecule has 1 N–H and O–H groups in total. The van der Waals surface area contributed by atoms with Crippen LogP contribution in [0.1, 0.15) is 70.9 Å². The van der Waals surface area contributed by atoms with Crippen LogP contribution in [-0.2, 0) is 10.2 Å². The van der Waals surface area contributed by atoms with Gasteiger partial charge in [-0.1, -0.05) is 42.5 Å². The summed E-state index contributed by atoms with van der Waals surface area (Å²) in [5.74, 6) is 0. The molecule has 7 heteroatoms. The average Bonchev–Trinajstić information content (AvgIpc) is 3.24. The van der Waals surface area contributed by atoms with Gasteiger partial charge in [-0.15, -0.1) is 0 Å². The fourth-order valence-electron chi connectivity index (χ4n) is 6.40. The van der Waals surface area contributed by atoms with E-state index >= 15 is 0 Å². The fourth-order valence-corrected chi connectivity index (χ4v) is 6.40. The van der Waals surface area contributed by atoms with Crippen molar-refractivity contribution in [1.82, 2.24) is 19.4 Å². The van der Waals surface area contributed by atoms with E-state index in [1.807, 2.05) is 54.5 Å². The number of hydrogen-bond donors (Lipinski definition) is 1. The Bertz CT molecular complexity index is 1270. The molecule has 0 spiro atoms. The van der Waals surface area contributed by atoms with Crippen LogP contribution in [0.3, 0.4) is 0 Å². The van der Waals surface area contributed by atoms with Crippen LogP contribution in [0.25, 0.3) is 11.0 Å². The lowest BCUT2D eigenvalue weighted by Gasteiger charge is -2.43. The monoisotopic (exact) mass is 518 g/mol. The molecule has 1 aromatic heterocycles. The molecule has 204 valence electrons. The SMILES string of the molecule is CC(C)(C)OC(=O)N1CCC(CCCN2CCC(n3c(=O)[nH]c4ccccc43)CC2)(c2ccccc2)CC1. The van der Waals surface area contributed by atoms with E-state index in [1.54, 1.807) is 0 Å². The smallest absolute Gasteiger partial charge is 0.410 e. The van der Waals surface area contributed by atoms with Gasteiger partial charge < -0.3 is 19.5 Å². The van der Waals surface area contributed by atoms with Gasteiger partial charge in [0.05, 0.1) is 11.0 Å². The summed E-state index contributed by atoms with van der Waals surface area (Å²) in [6.07, 6.45) is 5.95. The molecule has 2 aliphatic heterocycles. The van der Waals surface area contributed by atoms with Crippen LogP contribution in [0, 0.1) is 0 Å². The maximum Gasteiger partial charge on any atom is 0.410 e. The van der Waals surface area contributed by atoms with Crippen LogP contribution in [0.4, 0.5) is 4.79 Å². The molecule has 3 aromatic rings. The number of amides is 1. The highest BCUT2D eigenvalue weighted by molar-refractivity contribution is 5.75. The molecule has 0 atom stereocenters. The largest absolute Gasteiger partial charge is 0.444 e. The van der Waals surface area contributed by atoms with Crippen molar-refractivity contribution in [2.24, 2.45) is 0 Å². The zero-order chi connectivity index (χ0) is 26.8. The Balaban J connectivity index is 1.17. The first kappa shape index (κ1) is 26.5. The summed E-state index contributed by atoms with van der Waals surface area (Å²) in [6, 6.07) is 19.1. The molecule has 0 saturated carbocycles. The summed E-state index contributed by atoms with van der Waals surface area (Å²) in [5.41, 5.74) is 2.95. The number of aromatic amines is 1. The van der Waals surface area contributed by atoms with Gasteiger partial charge >= 0.3 is 11.8 Å². The van der Waals surface area contributed by atoms with E-state index in [2.05, 4.69) is 40.2 Å². The van der Waals surface area contributed by atoms with E-state index in [9.17, 15) is 9.59 Å². The number of imidazole rings is 1. The summed E-state index contributed by atoms with van der Waals surface area (Å²) in [4.78, 5) is 32.7. The predicted molar refractivity (Wildman–Crippen MR) is 152 cm³/mol. The van der Waals surface area contributed by atoms with Crippen LogP contribution >= 0.6 is 0 Å². The molecule has 2 fully saturated rings. The van der Waals surface area contributed by atoms with Gasteiger partial charge in [0, 0.05) is 32.2 Å². The van der Waals surface area contributed by atoms with E-state index < -0.39 is 5.60 Å². The van der Waals surface area contributed by atoms with Crippen molar-refractivity contribution in [3.8, 4) is 0 Å². The van der Waals surface area contributed by atoms with Crippen LogP contribution in [0.5, 0.6) is 0 Å². The zero-order valence-electron chi connectivity index (χ0n) is 23.1. The molecule has 0 bridgehead atoms. The highest BCUT2D eigenvalue weighted by Crippen LogP contribution is 2.40. The number of aromatic nitrogens is 2. The molecule has 0 unspecified atom stereocenters. The Morgan fingerprint density at radius 2 is 1.63 bits per heavy atom. The van der Waals surface area contributed by atoms with Crippen molar-refractivity contribution in [1.29, 1.82) is 0 Å². The predicted octanol–water partition coefficient (Wildman–Crippen LogP) is 5.72. The molecule has 2 aromatic carbocycles. The Kier molecular flexibility index (Phi) is 7.66. The highest BCUT2D eigenvalue weighted by atomic mass is 16.6. The Hall–Kier alpha value is -3.06. The Labute approximate surface area is 225 Å². The van der Waals surface area contributed by atoms with Gasteiger partial charge in [0.25, 0.3) is 0 Å². The third-order valence-corrected chi connectivity index (χ3v) is 8.43. The van der Waals surface area contributed by atoms with Crippen LogP contribution < -0.4 is 5.69 Å². The topological polar surface area (TPSA) is 70.6 Å². The lowest BCUT2D eigenvalue weighted by Crippen LogP contribution is -2.47. The van der Waals surface area contributed by atoms with Crippen molar-refractivity contribution in [3.63, 3.8) is 0 Å². The average molecular weight is 519 g/mol. The van der Waals surface area contributed by atoms with Crippen LogP contribution in [0.2, 0.25) is 0 Å². The molecule has 3 heterocycles. The number of benzene rings is 2. The number of H-pyrrole nitrogens is 1. The summed E-state index contributed by atoms with van der Waals surface area (Å²) in [5, 5.41) is 0. The van der Waals surface area contributed by atoms with Crippen molar-refractivity contribution in [2.75, 3.05) is 32.7 Å². The molecular formula is C31H42N4O3. The quantitative estimate of drug-likeness (QED) is 0.453. The molecule has 2 aliphatic rings. The number of para-hydroxylation sites is 2. The first-order valence-electron chi connectivity index (χ1n) is 14.2. The van der Waals surface area contributed by atoms with Gasteiger partial charge in [0.2, 0.25) is 0 Å². The summed E-state index contributed by atoms with van der Waals surface area (Å²) in [6.45, 7) is 10.3. The van der Waals surface area contributed by atoms with E-state index in [0.29, 0.717) is 0 Å². The number of hydrogen-bond acceptors (Lipinski definition) is 4. The van der Waals surface area contributed by atoms with Crippen molar-refractivity contribution < 1.29 is 9.53 Å². The van der Waals surface area contributed by atoms with Gasteiger partial charge in [0.1, 0.15) is 5.60 Å². The van der Waals surface area contributed by atoms with E-state index in [4.69, 9.17) is 4.74 Å². The van der Waals surface area contributed by atoms with Crippen LogP contribution in [-0.4, -0.2) is 63.8 Å².